The van der Waals surface area contributed by atoms with E-state index in [1.165, 1.54) is 0 Å². The molecule has 0 aromatic carbocycles. The van der Waals surface area contributed by atoms with Crippen molar-refractivity contribution in [3.8, 4) is 0 Å². The Morgan fingerprint density at radius 2 is 2.04 bits per heavy atom. The molecule has 2 heterocycles. The van der Waals surface area contributed by atoms with Crippen molar-refractivity contribution in [3.63, 3.8) is 0 Å². The van der Waals surface area contributed by atoms with Gasteiger partial charge in [0.2, 0.25) is 5.91 Å². The molecule has 6 heteroatoms. The first-order valence-corrected chi connectivity index (χ1v) is 8.37. The van der Waals surface area contributed by atoms with E-state index < -0.39 is 0 Å². The van der Waals surface area contributed by atoms with Gasteiger partial charge in [-0.1, -0.05) is 13.0 Å². The molecule has 1 fully saturated rings. The number of rotatable bonds is 7. The molecule has 2 rings (SSSR count). The van der Waals surface area contributed by atoms with Crippen LogP contribution in [0.15, 0.2) is 24.4 Å². The van der Waals surface area contributed by atoms with Gasteiger partial charge in [-0.05, 0) is 31.4 Å². The SMILES string of the molecule is CC(O)CC(C)CNC(=O)CN1CCN(c2ccccn2)CC1. The predicted molar refractivity (Wildman–Crippen MR) is 91.4 cm³/mol. The van der Waals surface area contributed by atoms with Gasteiger partial charge in [0.1, 0.15) is 5.82 Å². The molecule has 128 valence electrons. The molecule has 0 bridgehead atoms. The Morgan fingerprint density at radius 3 is 2.65 bits per heavy atom. The fourth-order valence-electron chi connectivity index (χ4n) is 2.89. The minimum absolute atomic E-state index is 0.0636. The molecule has 1 amide bonds. The van der Waals surface area contributed by atoms with Crippen molar-refractivity contribution < 1.29 is 9.90 Å². The number of aliphatic hydroxyl groups is 1. The summed E-state index contributed by atoms with van der Waals surface area (Å²) in [7, 11) is 0. The summed E-state index contributed by atoms with van der Waals surface area (Å²) in [4.78, 5) is 20.8. The monoisotopic (exact) mass is 320 g/mol. The Hall–Kier alpha value is -1.66. The van der Waals surface area contributed by atoms with Crippen LogP contribution >= 0.6 is 0 Å². The molecule has 6 nitrogen and oxygen atoms in total. The van der Waals surface area contributed by atoms with E-state index in [2.05, 4.69) is 20.1 Å². The van der Waals surface area contributed by atoms with Gasteiger partial charge in [0, 0.05) is 38.9 Å². The van der Waals surface area contributed by atoms with Gasteiger partial charge in [-0.15, -0.1) is 0 Å². The van der Waals surface area contributed by atoms with Gasteiger partial charge in [-0.2, -0.15) is 0 Å². The molecule has 23 heavy (non-hydrogen) atoms. The molecule has 0 saturated carbocycles. The van der Waals surface area contributed by atoms with Crippen molar-refractivity contribution in [2.75, 3.05) is 44.2 Å². The van der Waals surface area contributed by atoms with E-state index >= 15 is 0 Å². The summed E-state index contributed by atoms with van der Waals surface area (Å²) in [6.45, 7) is 8.40. The molecule has 2 atom stereocenters. The van der Waals surface area contributed by atoms with Crippen LogP contribution in [0.4, 0.5) is 5.82 Å². The molecule has 2 N–H and O–H groups in total. The summed E-state index contributed by atoms with van der Waals surface area (Å²) < 4.78 is 0. The van der Waals surface area contributed by atoms with Crippen LogP contribution in [-0.4, -0.2) is 66.3 Å². The lowest BCUT2D eigenvalue weighted by Gasteiger charge is -2.35. The van der Waals surface area contributed by atoms with Crippen LogP contribution in [0.3, 0.4) is 0 Å². The van der Waals surface area contributed by atoms with Crippen molar-refractivity contribution >= 4 is 11.7 Å². The highest BCUT2D eigenvalue weighted by atomic mass is 16.3. The zero-order chi connectivity index (χ0) is 16.7. The van der Waals surface area contributed by atoms with Crippen LogP contribution in [0.25, 0.3) is 0 Å². The number of nitrogens with zero attached hydrogens (tertiary/aromatic N) is 3. The predicted octanol–water partition coefficient (Wildman–Crippen LogP) is 0.727. The Labute approximate surface area is 138 Å². The summed E-state index contributed by atoms with van der Waals surface area (Å²) in [5.41, 5.74) is 0. The van der Waals surface area contributed by atoms with E-state index in [0.717, 1.165) is 32.0 Å². The molecule has 1 saturated heterocycles. The third-order valence-electron chi connectivity index (χ3n) is 4.10. The normalized spacial score (nSPS) is 18.5. The topological polar surface area (TPSA) is 68.7 Å². The summed E-state index contributed by atoms with van der Waals surface area (Å²) in [6, 6.07) is 5.94. The van der Waals surface area contributed by atoms with Crippen LogP contribution in [-0.2, 0) is 4.79 Å². The van der Waals surface area contributed by atoms with Crippen molar-refractivity contribution in [3.05, 3.63) is 24.4 Å². The lowest BCUT2D eigenvalue weighted by molar-refractivity contribution is -0.122. The standard InChI is InChI=1S/C17H28N4O2/c1-14(11-15(2)22)12-19-17(23)13-20-7-9-21(10-8-20)16-5-3-4-6-18-16/h3-6,14-15,22H,7-13H2,1-2H3,(H,19,23). The van der Waals surface area contributed by atoms with E-state index in [9.17, 15) is 9.90 Å². The average molecular weight is 320 g/mol. The van der Waals surface area contributed by atoms with Crippen LogP contribution in [0.2, 0.25) is 0 Å². The maximum absolute atomic E-state index is 12.0. The van der Waals surface area contributed by atoms with E-state index in [1.807, 2.05) is 31.3 Å². The third-order valence-corrected chi connectivity index (χ3v) is 4.10. The minimum Gasteiger partial charge on any atom is -0.393 e. The van der Waals surface area contributed by atoms with Crippen LogP contribution < -0.4 is 10.2 Å². The maximum Gasteiger partial charge on any atom is 0.234 e. The van der Waals surface area contributed by atoms with Crippen LogP contribution in [0.1, 0.15) is 20.3 Å². The van der Waals surface area contributed by atoms with E-state index in [1.54, 1.807) is 6.92 Å². The highest BCUT2D eigenvalue weighted by molar-refractivity contribution is 5.78. The first-order valence-electron chi connectivity index (χ1n) is 8.37. The van der Waals surface area contributed by atoms with Crippen molar-refractivity contribution in [2.24, 2.45) is 5.92 Å². The number of anilines is 1. The smallest absolute Gasteiger partial charge is 0.234 e. The van der Waals surface area contributed by atoms with Crippen LogP contribution in [0, 0.1) is 5.92 Å². The Morgan fingerprint density at radius 1 is 1.30 bits per heavy atom. The molecular weight excluding hydrogens is 292 g/mol. The minimum atomic E-state index is -0.318. The number of hydrogen-bond donors (Lipinski definition) is 2. The molecule has 2 unspecified atom stereocenters. The largest absolute Gasteiger partial charge is 0.393 e. The highest BCUT2D eigenvalue weighted by Gasteiger charge is 2.19. The van der Waals surface area contributed by atoms with Gasteiger partial charge >= 0.3 is 0 Å². The second-order valence-corrected chi connectivity index (χ2v) is 6.45. The number of piperazine rings is 1. The molecule has 1 aromatic heterocycles. The lowest BCUT2D eigenvalue weighted by atomic mass is 10.0. The number of amides is 1. The third kappa shape index (κ3) is 6.15. The van der Waals surface area contributed by atoms with E-state index in [-0.39, 0.29) is 12.0 Å². The fraction of sp³-hybridized carbons (Fsp3) is 0.647. The summed E-state index contributed by atoms with van der Waals surface area (Å²) in [5, 5.41) is 12.3. The van der Waals surface area contributed by atoms with Crippen molar-refractivity contribution in [2.45, 2.75) is 26.4 Å². The first kappa shape index (κ1) is 17.7. The number of hydrogen-bond acceptors (Lipinski definition) is 5. The Balaban J connectivity index is 1.67. The lowest BCUT2D eigenvalue weighted by Crippen LogP contribution is -2.50. The molecule has 1 aliphatic heterocycles. The maximum atomic E-state index is 12.0. The van der Waals surface area contributed by atoms with Gasteiger partial charge < -0.3 is 15.3 Å². The first-order chi connectivity index (χ1) is 11.0. The second-order valence-electron chi connectivity index (χ2n) is 6.45. The van der Waals surface area contributed by atoms with Crippen molar-refractivity contribution in [1.82, 2.24) is 15.2 Å². The number of aliphatic hydroxyl groups excluding tert-OH is 1. The van der Waals surface area contributed by atoms with E-state index in [0.29, 0.717) is 25.4 Å². The fourth-order valence-corrected chi connectivity index (χ4v) is 2.89. The Bertz CT molecular complexity index is 473. The number of carbonyl (C=O) groups excluding carboxylic acids is 1. The number of pyridine rings is 1. The van der Waals surface area contributed by atoms with Gasteiger partial charge in [0.15, 0.2) is 0 Å². The Kier molecular flexibility index (Phi) is 6.80. The van der Waals surface area contributed by atoms with Crippen LogP contribution in [0.5, 0.6) is 0 Å². The molecule has 1 aromatic rings. The van der Waals surface area contributed by atoms with Gasteiger partial charge in [0.25, 0.3) is 0 Å². The average Bonchev–Trinajstić information content (AvgIpc) is 2.54. The summed E-state index contributed by atoms with van der Waals surface area (Å²) in [6.07, 6.45) is 2.20. The molecule has 0 spiro atoms. The van der Waals surface area contributed by atoms with Gasteiger partial charge in [-0.3, -0.25) is 9.69 Å². The van der Waals surface area contributed by atoms with Gasteiger partial charge in [-0.25, -0.2) is 4.98 Å². The molecule has 0 aliphatic carbocycles. The number of aromatic nitrogens is 1. The second kappa shape index (κ2) is 8.84. The van der Waals surface area contributed by atoms with Gasteiger partial charge in [0.05, 0.1) is 12.6 Å². The van der Waals surface area contributed by atoms with Crippen molar-refractivity contribution in [1.29, 1.82) is 0 Å². The molecular formula is C17H28N4O2. The molecule has 1 aliphatic rings. The highest BCUT2D eigenvalue weighted by Crippen LogP contribution is 2.12. The zero-order valence-electron chi connectivity index (χ0n) is 14.1. The number of nitrogens with one attached hydrogen (secondary N) is 1. The summed E-state index contributed by atoms with van der Waals surface area (Å²) in [5.74, 6) is 1.36. The molecule has 0 radical (unpaired) electrons. The zero-order valence-corrected chi connectivity index (χ0v) is 14.1. The quantitative estimate of drug-likeness (QED) is 0.775. The van der Waals surface area contributed by atoms with E-state index in [4.69, 9.17) is 0 Å². The number of carbonyl (C=O) groups is 1. The summed E-state index contributed by atoms with van der Waals surface area (Å²) >= 11 is 0.